The maximum Gasteiger partial charge on any atom is 0.231 e. The van der Waals surface area contributed by atoms with Crippen molar-refractivity contribution in [2.45, 2.75) is 6.10 Å². The van der Waals surface area contributed by atoms with Gasteiger partial charge in [-0.05, 0) is 0 Å². The molecule has 1 heterocycles. The molecule has 0 fully saturated rings. The average molecular weight is 229 g/mol. The van der Waals surface area contributed by atoms with Crippen molar-refractivity contribution in [3.8, 4) is 17.2 Å². The van der Waals surface area contributed by atoms with Gasteiger partial charge in [0.05, 0.1) is 18.8 Å². The Morgan fingerprint density at radius 2 is 2.38 bits per heavy atom. The molecule has 0 bridgehead atoms. The Hall–Kier alpha value is -1.53. The van der Waals surface area contributed by atoms with Crippen molar-refractivity contribution in [1.82, 2.24) is 0 Å². The normalized spacial score (nSPS) is 15.0. The van der Waals surface area contributed by atoms with E-state index in [0.29, 0.717) is 5.75 Å². The summed E-state index contributed by atoms with van der Waals surface area (Å²) in [5.41, 5.74) is 5.29. The van der Waals surface area contributed by atoms with Crippen molar-refractivity contribution >= 4 is 0 Å². The van der Waals surface area contributed by atoms with Crippen LogP contribution in [0.1, 0.15) is 11.7 Å². The van der Waals surface area contributed by atoms with Crippen molar-refractivity contribution in [1.29, 1.82) is 0 Å². The van der Waals surface area contributed by atoms with Crippen molar-refractivity contribution in [2.75, 3.05) is 20.4 Å². The zero-order chi connectivity index (χ0) is 11.7. The van der Waals surface area contributed by atoms with Crippen LogP contribution in [-0.4, -0.2) is 25.6 Å². The fourth-order valence-corrected chi connectivity index (χ4v) is 1.59. The number of hydrogen-bond donors (Lipinski definition) is 2. The Kier molecular flexibility index (Phi) is 2.84. The zero-order valence-electron chi connectivity index (χ0n) is 8.70. The number of halogens is 1. The Morgan fingerprint density at radius 3 is 3.00 bits per heavy atom. The highest BCUT2D eigenvalue weighted by Gasteiger charge is 2.28. The Bertz CT molecular complexity index is 410. The van der Waals surface area contributed by atoms with E-state index < -0.39 is 11.9 Å². The molecule has 0 aliphatic carbocycles. The zero-order valence-corrected chi connectivity index (χ0v) is 8.70. The second-order valence-electron chi connectivity index (χ2n) is 3.29. The molecule has 1 unspecified atom stereocenters. The molecule has 0 saturated heterocycles. The number of fused-ring (bicyclic) bond motifs is 1. The van der Waals surface area contributed by atoms with E-state index in [0.717, 1.165) is 0 Å². The van der Waals surface area contributed by atoms with Gasteiger partial charge in [0, 0.05) is 12.6 Å². The molecule has 0 aromatic heterocycles. The molecule has 6 heteroatoms. The predicted molar refractivity (Wildman–Crippen MR) is 53.1 cm³/mol. The van der Waals surface area contributed by atoms with Gasteiger partial charge in [-0.1, -0.05) is 0 Å². The molecule has 1 aromatic carbocycles. The summed E-state index contributed by atoms with van der Waals surface area (Å²) in [5.74, 6) is -0.145. The molecule has 0 saturated carbocycles. The second kappa shape index (κ2) is 4.15. The first-order valence-electron chi connectivity index (χ1n) is 4.73. The quantitative estimate of drug-likeness (QED) is 0.792. The molecular formula is C10H12FNO4. The number of methoxy groups -OCH3 is 1. The van der Waals surface area contributed by atoms with E-state index in [9.17, 15) is 9.50 Å². The first kappa shape index (κ1) is 11.0. The highest BCUT2D eigenvalue weighted by Crippen LogP contribution is 2.44. The van der Waals surface area contributed by atoms with Crippen LogP contribution in [0.15, 0.2) is 6.07 Å². The molecule has 1 aliphatic heterocycles. The van der Waals surface area contributed by atoms with E-state index in [1.54, 1.807) is 0 Å². The van der Waals surface area contributed by atoms with Gasteiger partial charge in [-0.25, -0.2) is 4.39 Å². The SMILES string of the molecule is COc1cc2c(c(C(O)CN)c1F)OCO2. The molecule has 3 N–H and O–H groups in total. The third kappa shape index (κ3) is 1.56. The minimum Gasteiger partial charge on any atom is -0.494 e. The topological polar surface area (TPSA) is 73.9 Å². The number of ether oxygens (including phenoxy) is 3. The lowest BCUT2D eigenvalue weighted by atomic mass is 10.1. The molecule has 1 aromatic rings. The van der Waals surface area contributed by atoms with Crippen molar-refractivity contribution in [3.05, 3.63) is 17.4 Å². The van der Waals surface area contributed by atoms with Crippen molar-refractivity contribution < 1.29 is 23.7 Å². The number of aliphatic hydroxyl groups excluding tert-OH is 1. The van der Waals surface area contributed by atoms with Crippen LogP contribution < -0.4 is 19.9 Å². The molecule has 1 aliphatic rings. The van der Waals surface area contributed by atoms with E-state index in [1.165, 1.54) is 13.2 Å². The van der Waals surface area contributed by atoms with Gasteiger partial charge < -0.3 is 25.1 Å². The van der Waals surface area contributed by atoms with Crippen molar-refractivity contribution in [3.63, 3.8) is 0 Å². The number of aliphatic hydroxyl groups is 1. The fourth-order valence-electron chi connectivity index (χ4n) is 1.59. The maximum atomic E-state index is 13.9. The first-order chi connectivity index (χ1) is 7.69. The van der Waals surface area contributed by atoms with Crippen LogP contribution in [0.5, 0.6) is 17.2 Å². The van der Waals surface area contributed by atoms with E-state index in [1.807, 2.05) is 0 Å². The Morgan fingerprint density at radius 1 is 1.62 bits per heavy atom. The van der Waals surface area contributed by atoms with Gasteiger partial charge in [-0.15, -0.1) is 0 Å². The third-order valence-corrected chi connectivity index (χ3v) is 2.38. The second-order valence-corrected chi connectivity index (χ2v) is 3.29. The van der Waals surface area contributed by atoms with Crippen LogP contribution in [0, 0.1) is 5.82 Å². The summed E-state index contributed by atoms with van der Waals surface area (Å²) < 4.78 is 28.9. The molecule has 1 atom stereocenters. The highest BCUT2D eigenvalue weighted by molar-refractivity contribution is 5.55. The fraction of sp³-hybridized carbons (Fsp3) is 0.400. The summed E-state index contributed by atoms with van der Waals surface area (Å²) in [4.78, 5) is 0. The highest BCUT2D eigenvalue weighted by atomic mass is 19.1. The predicted octanol–water partition coefficient (Wildman–Crippen LogP) is 0.555. The van der Waals surface area contributed by atoms with Crippen LogP contribution in [0.25, 0.3) is 0 Å². The molecule has 2 rings (SSSR count). The molecule has 0 spiro atoms. The first-order valence-corrected chi connectivity index (χ1v) is 4.73. The molecule has 88 valence electrons. The monoisotopic (exact) mass is 229 g/mol. The Balaban J connectivity index is 2.59. The molecular weight excluding hydrogens is 217 g/mol. The minimum absolute atomic E-state index is 0.00764. The lowest BCUT2D eigenvalue weighted by Gasteiger charge is -2.14. The van der Waals surface area contributed by atoms with E-state index >= 15 is 0 Å². The number of nitrogens with two attached hydrogens (primary N) is 1. The van der Waals surface area contributed by atoms with E-state index in [2.05, 4.69) is 0 Å². The van der Waals surface area contributed by atoms with Crippen LogP contribution in [0.3, 0.4) is 0 Å². The lowest BCUT2D eigenvalue weighted by molar-refractivity contribution is 0.158. The van der Waals surface area contributed by atoms with Crippen LogP contribution in [0.2, 0.25) is 0 Å². The van der Waals surface area contributed by atoms with Gasteiger partial charge in [0.2, 0.25) is 6.79 Å². The minimum atomic E-state index is -1.15. The Labute approximate surface area is 91.5 Å². The molecule has 5 nitrogen and oxygen atoms in total. The number of hydrogen-bond acceptors (Lipinski definition) is 5. The molecule has 16 heavy (non-hydrogen) atoms. The third-order valence-electron chi connectivity index (χ3n) is 2.38. The average Bonchev–Trinajstić information content (AvgIpc) is 2.74. The van der Waals surface area contributed by atoms with Gasteiger partial charge in [0.25, 0.3) is 0 Å². The largest absolute Gasteiger partial charge is 0.494 e. The number of benzene rings is 1. The van der Waals surface area contributed by atoms with Crippen LogP contribution in [-0.2, 0) is 0 Å². The number of rotatable bonds is 3. The van der Waals surface area contributed by atoms with Gasteiger partial charge >= 0.3 is 0 Å². The lowest BCUT2D eigenvalue weighted by Crippen LogP contribution is -2.14. The summed E-state index contributed by atoms with van der Waals surface area (Å²) in [7, 11) is 1.33. The molecule has 0 amide bonds. The summed E-state index contributed by atoms with van der Waals surface area (Å²) in [6.07, 6.45) is -1.15. The maximum absolute atomic E-state index is 13.9. The van der Waals surface area contributed by atoms with Gasteiger partial charge in [-0.2, -0.15) is 0 Å². The summed E-state index contributed by atoms with van der Waals surface area (Å²) in [6.45, 7) is -0.119. The summed E-state index contributed by atoms with van der Waals surface area (Å²) >= 11 is 0. The van der Waals surface area contributed by atoms with Crippen molar-refractivity contribution in [2.24, 2.45) is 5.73 Å². The summed E-state index contributed by atoms with van der Waals surface area (Å²) in [6, 6.07) is 1.38. The van der Waals surface area contributed by atoms with E-state index in [4.69, 9.17) is 19.9 Å². The molecule has 0 radical (unpaired) electrons. The van der Waals surface area contributed by atoms with Gasteiger partial charge in [0.1, 0.15) is 0 Å². The summed E-state index contributed by atoms with van der Waals surface area (Å²) in [5, 5.41) is 9.64. The van der Waals surface area contributed by atoms with Crippen LogP contribution >= 0.6 is 0 Å². The standard InChI is InChI=1S/C10H12FNO4/c1-14-6-2-7-10(16-4-15-7)8(9(6)11)5(13)3-12/h2,5,13H,3-4,12H2,1H3. The van der Waals surface area contributed by atoms with E-state index in [-0.39, 0.29) is 30.4 Å². The van der Waals surface area contributed by atoms with Crippen LogP contribution in [0.4, 0.5) is 4.39 Å². The van der Waals surface area contributed by atoms with Gasteiger partial charge in [0.15, 0.2) is 23.1 Å². The smallest absolute Gasteiger partial charge is 0.231 e. The van der Waals surface area contributed by atoms with Gasteiger partial charge in [-0.3, -0.25) is 0 Å².